The standard InChI is InChI=1S/C27H46N2O3/c1-16-5-8-23(29(15-16)28-32)17(2)25-24(31)14-22-20-7-6-18-13-19(30)9-11-26(18,3)21(20)10-12-27(22,25)4/h16-25,30-31H,5-15H2,1-4H3/t16?,17?,18?,19?,20-,21+,22+,23?,24?,25?,26+,27+/m1/s1. The summed E-state index contributed by atoms with van der Waals surface area (Å²) in [5.74, 6) is 3.80. The van der Waals surface area contributed by atoms with Crippen LogP contribution in [0.5, 0.6) is 0 Å². The molecule has 4 aliphatic carbocycles. The van der Waals surface area contributed by atoms with Crippen molar-refractivity contribution in [2.75, 3.05) is 6.54 Å². The summed E-state index contributed by atoms with van der Waals surface area (Å²) in [6.45, 7) is 10.3. The Morgan fingerprint density at radius 3 is 2.44 bits per heavy atom. The first-order valence-electron chi connectivity index (χ1n) is 13.6. The molecule has 5 aliphatic rings. The molecule has 0 aromatic rings. The Labute approximate surface area is 194 Å². The summed E-state index contributed by atoms with van der Waals surface area (Å²) in [5.41, 5.74) is 0.533. The molecule has 0 amide bonds. The molecule has 1 aliphatic heterocycles. The summed E-state index contributed by atoms with van der Waals surface area (Å²) >= 11 is 0. The van der Waals surface area contributed by atoms with Crippen molar-refractivity contribution < 1.29 is 10.2 Å². The molecule has 5 heteroatoms. The van der Waals surface area contributed by atoms with E-state index in [-0.39, 0.29) is 29.6 Å². The maximum Gasteiger partial charge on any atom is 0.0580 e. The van der Waals surface area contributed by atoms with E-state index in [1.54, 1.807) is 0 Å². The van der Waals surface area contributed by atoms with Crippen molar-refractivity contribution in [2.24, 2.45) is 57.5 Å². The van der Waals surface area contributed by atoms with Gasteiger partial charge in [-0.2, -0.15) is 0 Å². The third-order valence-electron chi connectivity index (χ3n) is 11.9. The molecule has 5 nitrogen and oxygen atoms in total. The summed E-state index contributed by atoms with van der Waals surface area (Å²) in [4.78, 5) is 11.7. The van der Waals surface area contributed by atoms with Gasteiger partial charge in [0, 0.05) is 6.54 Å². The molecule has 7 unspecified atom stereocenters. The third-order valence-corrected chi connectivity index (χ3v) is 11.9. The first kappa shape index (κ1) is 23.1. The van der Waals surface area contributed by atoms with E-state index in [2.05, 4.69) is 33.0 Å². The lowest BCUT2D eigenvalue weighted by Gasteiger charge is -2.61. The maximum atomic E-state index is 11.7. The highest BCUT2D eigenvalue weighted by molar-refractivity contribution is 5.12. The van der Waals surface area contributed by atoms with E-state index in [0.717, 1.165) is 44.6 Å². The molecule has 5 fully saturated rings. The molecule has 0 radical (unpaired) electrons. The molecule has 0 bridgehead atoms. The van der Waals surface area contributed by atoms with Crippen LogP contribution in [0, 0.1) is 57.2 Å². The summed E-state index contributed by atoms with van der Waals surface area (Å²) in [6, 6.07) is 0.171. The number of fused-ring (bicyclic) bond motifs is 5. The lowest BCUT2D eigenvalue weighted by atomic mass is 9.44. The molecule has 12 atom stereocenters. The zero-order valence-electron chi connectivity index (χ0n) is 20.7. The fraction of sp³-hybridized carbons (Fsp3) is 1.00. The van der Waals surface area contributed by atoms with Gasteiger partial charge in [-0.1, -0.05) is 27.7 Å². The van der Waals surface area contributed by atoms with Crippen molar-refractivity contribution in [1.29, 1.82) is 0 Å². The largest absolute Gasteiger partial charge is 0.393 e. The van der Waals surface area contributed by atoms with Gasteiger partial charge in [-0.05, 0) is 116 Å². The number of piperidine rings is 1. The molecule has 2 N–H and O–H groups in total. The van der Waals surface area contributed by atoms with Crippen LogP contribution in [0.15, 0.2) is 5.29 Å². The molecule has 1 saturated heterocycles. The van der Waals surface area contributed by atoms with Crippen LogP contribution in [0.25, 0.3) is 0 Å². The lowest BCUT2D eigenvalue weighted by molar-refractivity contribution is -0.132. The van der Waals surface area contributed by atoms with E-state index in [1.165, 1.54) is 32.1 Å². The molecule has 5 rings (SSSR count). The van der Waals surface area contributed by atoms with Crippen LogP contribution in [-0.4, -0.2) is 40.0 Å². The summed E-state index contributed by atoms with van der Waals surface area (Å²) in [5, 5.41) is 27.0. The van der Waals surface area contributed by atoms with Crippen molar-refractivity contribution in [3.63, 3.8) is 0 Å². The number of rotatable bonds is 3. The molecule has 32 heavy (non-hydrogen) atoms. The van der Waals surface area contributed by atoms with Crippen LogP contribution in [0.3, 0.4) is 0 Å². The molecule has 1 heterocycles. The number of hydrogen-bond donors (Lipinski definition) is 2. The van der Waals surface area contributed by atoms with Crippen molar-refractivity contribution in [1.82, 2.24) is 5.01 Å². The number of aliphatic hydroxyl groups excluding tert-OH is 2. The normalized spacial score (nSPS) is 54.3. The van der Waals surface area contributed by atoms with Gasteiger partial charge in [0.05, 0.1) is 23.5 Å². The van der Waals surface area contributed by atoms with Crippen LogP contribution in [0.1, 0.15) is 91.9 Å². The predicted octanol–water partition coefficient (Wildman–Crippen LogP) is 5.40. The molecule has 4 saturated carbocycles. The molecular weight excluding hydrogens is 400 g/mol. The minimum absolute atomic E-state index is 0.0930. The van der Waals surface area contributed by atoms with Crippen molar-refractivity contribution in [3.8, 4) is 0 Å². The fourth-order valence-electron chi connectivity index (χ4n) is 10.3. The van der Waals surface area contributed by atoms with Crippen molar-refractivity contribution in [3.05, 3.63) is 4.91 Å². The van der Waals surface area contributed by atoms with Gasteiger partial charge in [0.2, 0.25) is 0 Å². The van der Waals surface area contributed by atoms with Crippen LogP contribution in [0.2, 0.25) is 0 Å². The Morgan fingerprint density at radius 1 is 0.938 bits per heavy atom. The van der Waals surface area contributed by atoms with Crippen LogP contribution < -0.4 is 0 Å². The highest BCUT2D eigenvalue weighted by atomic mass is 16.3. The quantitative estimate of drug-likeness (QED) is 0.570. The Morgan fingerprint density at radius 2 is 1.69 bits per heavy atom. The molecule has 182 valence electrons. The second-order valence-electron chi connectivity index (χ2n) is 13.3. The molecule has 0 aromatic heterocycles. The third kappa shape index (κ3) is 3.39. The fourth-order valence-corrected chi connectivity index (χ4v) is 10.3. The Bertz CT molecular complexity index is 717. The number of aliphatic hydroxyl groups is 2. The van der Waals surface area contributed by atoms with E-state index < -0.39 is 0 Å². The van der Waals surface area contributed by atoms with Crippen LogP contribution >= 0.6 is 0 Å². The highest BCUT2D eigenvalue weighted by Crippen LogP contribution is 2.68. The maximum absolute atomic E-state index is 11.7. The summed E-state index contributed by atoms with van der Waals surface area (Å²) in [7, 11) is 0. The Hall–Kier alpha value is -0.680. The van der Waals surface area contributed by atoms with Crippen molar-refractivity contribution in [2.45, 2.75) is 110 Å². The van der Waals surface area contributed by atoms with E-state index in [1.807, 2.05) is 5.01 Å². The van der Waals surface area contributed by atoms with Gasteiger partial charge in [-0.15, -0.1) is 4.91 Å². The van der Waals surface area contributed by atoms with E-state index in [4.69, 9.17) is 0 Å². The van der Waals surface area contributed by atoms with E-state index >= 15 is 0 Å². The van der Waals surface area contributed by atoms with Gasteiger partial charge < -0.3 is 10.2 Å². The summed E-state index contributed by atoms with van der Waals surface area (Å²) in [6.07, 6.45) is 10.9. The molecular formula is C27H46N2O3. The first-order valence-corrected chi connectivity index (χ1v) is 13.6. The second-order valence-corrected chi connectivity index (χ2v) is 13.3. The minimum Gasteiger partial charge on any atom is -0.393 e. The Kier molecular flexibility index (Phi) is 5.93. The first-order chi connectivity index (χ1) is 15.2. The number of nitroso groups, excluding NO2 is 1. The van der Waals surface area contributed by atoms with Gasteiger partial charge >= 0.3 is 0 Å². The zero-order valence-corrected chi connectivity index (χ0v) is 20.7. The SMILES string of the molecule is CC1CCC(C(C)C2C(O)C[C@H]3[C@@H]4CCC5CC(O)CC[C@]5(C)[C@H]4CC[C@]23C)N(N=O)C1. The smallest absolute Gasteiger partial charge is 0.0580 e. The van der Waals surface area contributed by atoms with Crippen molar-refractivity contribution >= 4 is 0 Å². The van der Waals surface area contributed by atoms with Crippen LogP contribution in [-0.2, 0) is 0 Å². The van der Waals surface area contributed by atoms with Crippen LogP contribution in [0.4, 0.5) is 0 Å². The second kappa shape index (κ2) is 8.22. The number of hydrogen-bond acceptors (Lipinski definition) is 4. The highest BCUT2D eigenvalue weighted by Gasteiger charge is 2.63. The summed E-state index contributed by atoms with van der Waals surface area (Å²) < 4.78 is 0. The van der Waals surface area contributed by atoms with E-state index in [9.17, 15) is 15.1 Å². The van der Waals surface area contributed by atoms with Gasteiger partial charge in [-0.3, -0.25) is 5.01 Å². The van der Waals surface area contributed by atoms with Gasteiger partial charge in [-0.25, -0.2) is 0 Å². The van der Waals surface area contributed by atoms with Gasteiger partial charge in [0.15, 0.2) is 0 Å². The average molecular weight is 447 g/mol. The zero-order chi connectivity index (χ0) is 22.8. The van der Waals surface area contributed by atoms with E-state index in [0.29, 0.717) is 35.0 Å². The number of nitrogens with zero attached hydrogens (tertiary/aromatic N) is 2. The average Bonchev–Trinajstić information content (AvgIpc) is 3.03. The molecule has 0 spiro atoms. The lowest BCUT2D eigenvalue weighted by Crippen LogP contribution is -2.55. The topological polar surface area (TPSA) is 73.1 Å². The monoisotopic (exact) mass is 446 g/mol. The van der Waals surface area contributed by atoms with Gasteiger partial charge in [0.25, 0.3) is 0 Å². The Balaban J connectivity index is 1.38. The molecule has 0 aromatic carbocycles. The minimum atomic E-state index is -0.259. The predicted molar refractivity (Wildman–Crippen MR) is 126 cm³/mol. The van der Waals surface area contributed by atoms with Gasteiger partial charge in [0.1, 0.15) is 0 Å².